The third-order valence-corrected chi connectivity index (χ3v) is 1.99. The predicted octanol–water partition coefficient (Wildman–Crippen LogP) is 2.45. The molecule has 0 atom stereocenters. The van der Waals surface area contributed by atoms with E-state index in [0.717, 1.165) is 0 Å². The van der Waals surface area contributed by atoms with Gasteiger partial charge in [0.1, 0.15) is 0 Å². The number of carbonyl (C=O) groups is 1. The molecule has 0 saturated carbocycles. The molecular formula is C13H16N2O4. The van der Waals surface area contributed by atoms with E-state index in [2.05, 4.69) is 5.48 Å². The normalized spacial score (nSPS) is 11.5. The van der Waals surface area contributed by atoms with E-state index in [1.165, 1.54) is 18.2 Å². The molecule has 1 N–H and O–H groups in total. The molecule has 0 aliphatic carbocycles. The summed E-state index contributed by atoms with van der Waals surface area (Å²) in [6, 6.07) is 5.88. The largest absolute Gasteiger partial charge is 0.269 e. The van der Waals surface area contributed by atoms with Crippen LogP contribution in [0.3, 0.4) is 0 Å². The molecule has 0 aliphatic heterocycles. The molecule has 1 amide bonds. The SMILES string of the molecule is CC(C)(C)ONC(=O)/C=C/c1ccc([N+](=O)[O-])cc1. The van der Waals surface area contributed by atoms with Crippen molar-refractivity contribution in [1.82, 2.24) is 5.48 Å². The molecule has 6 heteroatoms. The number of non-ortho nitro benzene ring substituents is 1. The Morgan fingerprint density at radius 2 is 1.89 bits per heavy atom. The molecule has 0 aliphatic rings. The number of hydroxylamine groups is 1. The van der Waals surface area contributed by atoms with Crippen LogP contribution in [-0.2, 0) is 9.63 Å². The van der Waals surface area contributed by atoms with Gasteiger partial charge in [-0.05, 0) is 44.5 Å². The Balaban J connectivity index is 2.56. The molecule has 1 aromatic carbocycles. The van der Waals surface area contributed by atoms with Crippen molar-refractivity contribution in [2.24, 2.45) is 0 Å². The lowest BCUT2D eigenvalue weighted by molar-refractivity contribution is -0.384. The number of carbonyl (C=O) groups excluding carboxylic acids is 1. The highest BCUT2D eigenvalue weighted by Gasteiger charge is 2.11. The van der Waals surface area contributed by atoms with Gasteiger partial charge < -0.3 is 0 Å². The average molecular weight is 264 g/mol. The van der Waals surface area contributed by atoms with E-state index in [1.807, 2.05) is 20.8 Å². The second-order valence-corrected chi connectivity index (χ2v) is 4.86. The van der Waals surface area contributed by atoms with E-state index in [4.69, 9.17) is 4.84 Å². The second-order valence-electron chi connectivity index (χ2n) is 4.86. The number of amides is 1. The monoisotopic (exact) mass is 264 g/mol. The Morgan fingerprint density at radius 1 is 1.32 bits per heavy atom. The molecule has 0 aromatic heterocycles. The minimum Gasteiger partial charge on any atom is -0.268 e. The van der Waals surface area contributed by atoms with Gasteiger partial charge in [-0.1, -0.05) is 0 Å². The maximum absolute atomic E-state index is 11.4. The molecule has 0 spiro atoms. The molecule has 0 fully saturated rings. The van der Waals surface area contributed by atoms with Gasteiger partial charge in [0, 0.05) is 18.2 Å². The van der Waals surface area contributed by atoms with E-state index in [1.54, 1.807) is 18.2 Å². The van der Waals surface area contributed by atoms with E-state index >= 15 is 0 Å². The smallest absolute Gasteiger partial charge is 0.268 e. The molecule has 1 aromatic rings. The van der Waals surface area contributed by atoms with Crippen molar-refractivity contribution in [3.8, 4) is 0 Å². The molecular weight excluding hydrogens is 248 g/mol. The Hall–Kier alpha value is -2.21. The summed E-state index contributed by atoms with van der Waals surface area (Å²) in [5.41, 5.74) is 2.53. The summed E-state index contributed by atoms with van der Waals surface area (Å²) < 4.78 is 0. The summed E-state index contributed by atoms with van der Waals surface area (Å²) in [6.07, 6.45) is 2.85. The van der Waals surface area contributed by atoms with Crippen molar-refractivity contribution in [1.29, 1.82) is 0 Å². The fraction of sp³-hybridized carbons (Fsp3) is 0.308. The van der Waals surface area contributed by atoms with Gasteiger partial charge in [-0.2, -0.15) is 0 Å². The highest BCUT2D eigenvalue weighted by atomic mass is 16.7. The first-order valence-electron chi connectivity index (χ1n) is 5.68. The van der Waals surface area contributed by atoms with Crippen LogP contribution in [0.15, 0.2) is 30.3 Å². The van der Waals surface area contributed by atoms with Crippen LogP contribution >= 0.6 is 0 Å². The Bertz CT molecular complexity index is 486. The van der Waals surface area contributed by atoms with Gasteiger partial charge in [0.05, 0.1) is 10.5 Å². The molecule has 1 rings (SSSR count). The Morgan fingerprint density at radius 3 is 2.37 bits per heavy atom. The van der Waals surface area contributed by atoms with E-state index in [-0.39, 0.29) is 5.69 Å². The quantitative estimate of drug-likeness (QED) is 0.514. The van der Waals surface area contributed by atoms with Crippen molar-refractivity contribution in [3.05, 3.63) is 46.0 Å². The summed E-state index contributed by atoms with van der Waals surface area (Å²) in [7, 11) is 0. The fourth-order valence-electron chi connectivity index (χ4n) is 1.12. The standard InChI is InChI=1S/C13H16N2O4/c1-13(2,3)19-14-12(16)9-6-10-4-7-11(8-5-10)15(17)18/h4-9H,1-3H3,(H,14,16)/b9-6+. The highest BCUT2D eigenvalue weighted by molar-refractivity contribution is 5.90. The topological polar surface area (TPSA) is 81.5 Å². The summed E-state index contributed by atoms with van der Waals surface area (Å²) in [5, 5.41) is 10.5. The number of benzene rings is 1. The maximum Gasteiger partial charge on any atom is 0.269 e. The molecule has 0 bridgehead atoms. The van der Waals surface area contributed by atoms with Crippen molar-refractivity contribution in [2.45, 2.75) is 26.4 Å². The lowest BCUT2D eigenvalue weighted by Crippen LogP contribution is -2.32. The van der Waals surface area contributed by atoms with Crippen molar-refractivity contribution < 1.29 is 14.6 Å². The summed E-state index contributed by atoms with van der Waals surface area (Å²) in [5.74, 6) is -0.395. The number of hydrogen-bond acceptors (Lipinski definition) is 4. The molecule has 102 valence electrons. The average Bonchev–Trinajstić information content (AvgIpc) is 2.33. The minimum absolute atomic E-state index is 0.0117. The van der Waals surface area contributed by atoms with E-state index in [0.29, 0.717) is 5.56 Å². The second kappa shape index (κ2) is 6.10. The summed E-state index contributed by atoms with van der Waals surface area (Å²) in [6.45, 7) is 5.44. The fourth-order valence-corrected chi connectivity index (χ4v) is 1.12. The van der Waals surface area contributed by atoms with E-state index in [9.17, 15) is 14.9 Å². The Labute approximate surface area is 111 Å². The zero-order valence-electron chi connectivity index (χ0n) is 11.0. The highest BCUT2D eigenvalue weighted by Crippen LogP contribution is 2.12. The molecule has 6 nitrogen and oxygen atoms in total. The third kappa shape index (κ3) is 5.78. The minimum atomic E-state index is -0.475. The summed E-state index contributed by atoms with van der Waals surface area (Å²) >= 11 is 0. The zero-order valence-corrected chi connectivity index (χ0v) is 11.0. The maximum atomic E-state index is 11.4. The van der Waals surface area contributed by atoms with Crippen LogP contribution in [0.1, 0.15) is 26.3 Å². The van der Waals surface area contributed by atoms with Crippen molar-refractivity contribution in [3.63, 3.8) is 0 Å². The van der Waals surface area contributed by atoms with Gasteiger partial charge in [0.2, 0.25) is 0 Å². The van der Waals surface area contributed by atoms with Crippen molar-refractivity contribution >= 4 is 17.7 Å². The van der Waals surface area contributed by atoms with Crippen LogP contribution in [0.5, 0.6) is 0 Å². The number of nitrogens with zero attached hydrogens (tertiary/aromatic N) is 1. The van der Waals surface area contributed by atoms with E-state index < -0.39 is 16.4 Å². The lowest BCUT2D eigenvalue weighted by atomic mass is 10.2. The van der Waals surface area contributed by atoms with Crippen LogP contribution in [0.2, 0.25) is 0 Å². The zero-order chi connectivity index (χ0) is 14.5. The molecule has 0 unspecified atom stereocenters. The van der Waals surface area contributed by atoms with Gasteiger partial charge in [-0.3, -0.25) is 19.7 Å². The predicted molar refractivity (Wildman–Crippen MR) is 71.1 cm³/mol. The van der Waals surface area contributed by atoms with Crippen molar-refractivity contribution in [2.75, 3.05) is 0 Å². The Kier molecular flexibility index (Phi) is 4.77. The van der Waals surface area contributed by atoms with Gasteiger partial charge in [-0.25, -0.2) is 5.48 Å². The van der Waals surface area contributed by atoms with Gasteiger partial charge in [-0.15, -0.1) is 0 Å². The molecule has 0 radical (unpaired) electrons. The molecule has 0 heterocycles. The first-order chi connectivity index (χ1) is 8.78. The number of nitro groups is 1. The number of nitro benzene ring substituents is 1. The summed E-state index contributed by atoms with van der Waals surface area (Å²) in [4.78, 5) is 26.5. The first-order valence-corrected chi connectivity index (χ1v) is 5.68. The van der Waals surface area contributed by atoms with Crippen LogP contribution in [0.4, 0.5) is 5.69 Å². The number of nitrogens with one attached hydrogen (secondary N) is 1. The molecule has 19 heavy (non-hydrogen) atoms. The van der Waals surface area contributed by atoms with Crippen LogP contribution in [0, 0.1) is 10.1 Å². The van der Waals surface area contributed by atoms with Gasteiger partial charge in [0.25, 0.3) is 11.6 Å². The first kappa shape index (κ1) is 14.8. The number of rotatable bonds is 4. The van der Waals surface area contributed by atoms with Crippen LogP contribution in [-0.4, -0.2) is 16.4 Å². The van der Waals surface area contributed by atoms with Gasteiger partial charge >= 0.3 is 0 Å². The third-order valence-electron chi connectivity index (χ3n) is 1.99. The van der Waals surface area contributed by atoms with Gasteiger partial charge in [0.15, 0.2) is 0 Å². The van der Waals surface area contributed by atoms with Crippen LogP contribution in [0.25, 0.3) is 6.08 Å². The molecule has 0 saturated heterocycles. The lowest BCUT2D eigenvalue weighted by Gasteiger charge is -2.17. The van der Waals surface area contributed by atoms with Crippen LogP contribution < -0.4 is 5.48 Å². The number of hydrogen-bond donors (Lipinski definition) is 1.